The predicted octanol–water partition coefficient (Wildman–Crippen LogP) is 4.96. The van der Waals surface area contributed by atoms with Crippen LogP contribution in [-0.4, -0.2) is 27.3 Å². The molecule has 0 aliphatic heterocycles. The molecule has 0 unspecified atom stereocenters. The molecular weight excluding hydrogens is 459 g/mol. The number of carbonyl (C=O) groups is 1. The molecule has 1 amide bonds. The van der Waals surface area contributed by atoms with E-state index >= 15 is 0 Å². The molecule has 0 atom stereocenters. The Labute approximate surface area is 191 Å². The second-order valence-electron chi connectivity index (χ2n) is 7.95. The Morgan fingerprint density at radius 1 is 1.25 bits per heavy atom. The van der Waals surface area contributed by atoms with Crippen molar-refractivity contribution >= 4 is 39.2 Å². The zero-order valence-corrected chi connectivity index (χ0v) is 19.2. The number of aryl methyl sites for hydroxylation is 2. The molecule has 0 saturated carbocycles. The fourth-order valence-corrected chi connectivity index (χ4v) is 6.02. The summed E-state index contributed by atoms with van der Waals surface area (Å²) in [6.07, 6.45) is -1.13. The van der Waals surface area contributed by atoms with Gasteiger partial charge in [-0.05, 0) is 57.2 Å². The number of nitrogens with zero attached hydrogens (tertiary/aromatic N) is 2. The van der Waals surface area contributed by atoms with Crippen molar-refractivity contribution in [2.24, 2.45) is 0 Å². The van der Waals surface area contributed by atoms with Gasteiger partial charge in [0.25, 0.3) is 5.56 Å². The molecular formula is C22H22F3N3O2S2. The van der Waals surface area contributed by atoms with Gasteiger partial charge in [-0.2, -0.15) is 13.2 Å². The van der Waals surface area contributed by atoms with E-state index in [9.17, 15) is 22.8 Å². The van der Waals surface area contributed by atoms with Crippen LogP contribution in [0.5, 0.6) is 0 Å². The molecule has 1 aliphatic carbocycles. The number of fused-ring (bicyclic) bond motifs is 3. The van der Waals surface area contributed by atoms with Gasteiger partial charge in [-0.15, -0.1) is 11.3 Å². The predicted molar refractivity (Wildman–Crippen MR) is 121 cm³/mol. The van der Waals surface area contributed by atoms with Crippen LogP contribution in [0.1, 0.15) is 42.7 Å². The molecule has 3 aromatic rings. The number of carbonyl (C=O) groups excluding carboxylic acids is 1. The van der Waals surface area contributed by atoms with Crippen molar-refractivity contribution in [1.82, 2.24) is 14.9 Å². The Hall–Kier alpha value is -2.33. The summed E-state index contributed by atoms with van der Waals surface area (Å²) in [5.74, 6) is -0.337. The Kier molecular flexibility index (Phi) is 6.35. The molecule has 1 aliphatic rings. The van der Waals surface area contributed by atoms with Crippen LogP contribution in [0.15, 0.2) is 34.2 Å². The lowest BCUT2D eigenvalue weighted by Crippen LogP contribution is -2.32. The van der Waals surface area contributed by atoms with Gasteiger partial charge in [0.1, 0.15) is 4.83 Å². The Bertz CT molecular complexity index is 1230. The first kappa shape index (κ1) is 22.8. The van der Waals surface area contributed by atoms with Crippen molar-refractivity contribution in [2.45, 2.75) is 56.9 Å². The van der Waals surface area contributed by atoms with E-state index in [2.05, 4.69) is 10.3 Å². The summed E-state index contributed by atoms with van der Waals surface area (Å²) in [6, 6.07) is 4.91. The number of para-hydroxylation sites is 1. The summed E-state index contributed by atoms with van der Waals surface area (Å²) < 4.78 is 42.4. The zero-order chi connectivity index (χ0) is 23.0. The molecule has 0 radical (unpaired) electrons. The van der Waals surface area contributed by atoms with Crippen molar-refractivity contribution in [3.8, 4) is 5.69 Å². The van der Waals surface area contributed by atoms with Gasteiger partial charge in [0, 0.05) is 10.9 Å². The van der Waals surface area contributed by atoms with Crippen LogP contribution in [0.25, 0.3) is 15.9 Å². The van der Waals surface area contributed by atoms with Crippen molar-refractivity contribution in [3.63, 3.8) is 0 Å². The second-order valence-corrected chi connectivity index (χ2v) is 9.98. The summed E-state index contributed by atoms with van der Waals surface area (Å²) in [5.41, 5.74) is -0.804. The molecule has 5 nitrogen and oxygen atoms in total. The van der Waals surface area contributed by atoms with Crippen molar-refractivity contribution in [1.29, 1.82) is 0 Å². The third-order valence-electron chi connectivity index (χ3n) is 5.19. The van der Waals surface area contributed by atoms with E-state index in [4.69, 9.17) is 0 Å². The molecule has 0 fully saturated rings. The van der Waals surface area contributed by atoms with Crippen LogP contribution in [0.2, 0.25) is 0 Å². The highest BCUT2D eigenvalue weighted by molar-refractivity contribution is 7.99. The molecule has 0 saturated heterocycles. The molecule has 2 aromatic heterocycles. The second kappa shape index (κ2) is 8.90. The van der Waals surface area contributed by atoms with Crippen LogP contribution >= 0.6 is 23.1 Å². The molecule has 1 N–H and O–H groups in total. The molecule has 4 rings (SSSR count). The maximum absolute atomic E-state index is 13.8. The van der Waals surface area contributed by atoms with E-state index in [1.807, 2.05) is 13.8 Å². The highest BCUT2D eigenvalue weighted by Gasteiger charge is 2.35. The highest BCUT2D eigenvalue weighted by atomic mass is 32.2. The fraction of sp³-hybridized carbons (Fsp3) is 0.409. The van der Waals surface area contributed by atoms with Gasteiger partial charge < -0.3 is 5.32 Å². The lowest BCUT2D eigenvalue weighted by molar-refractivity contribution is -0.137. The monoisotopic (exact) mass is 481 g/mol. The number of rotatable bonds is 5. The highest BCUT2D eigenvalue weighted by Crippen LogP contribution is 2.37. The number of thioether (sulfide) groups is 1. The number of hydrogen-bond acceptors (Lipinski definition) is 5. The number of aromatic nitrogens is 2. The molecule has 0 bridgehead atoms. The first-order valence-corrected chi connectivity index (χ1v) is 12.1. The van der Waals surface area contributed by atoms with Crippen LogP contribution < -0.4 is 10.9 Å². The van der Waals surface area contributed by atoms with E-state index in [1.165, 1.54) is 29.5 Å². The van der Waals surface area contributed by atoms with Gasteiger partial charge in [0.05, 0.1) is 22.4 Å². The van der Waals surface area contributed by atoms with Gasteiger partial charge in [-0.25, -0.2) is 4.98 Å². The largest absolute Gasteiger partial charge is 0.418 e. The van der Waals surface area contributed by atoms with Gasteiger partial charge >= 0.3 is 6.18 Å². The molecule has 2 heterocycles. The lowest BCUT2D eigenvalue weighted by Gasteiger charge is -2.18. The molecule has 1 aromatic carbocycles. The molecule has 170 valence electrons. The number of benzene rings is 1. The summed E-state index contributed by atoms with van der Waals surface area (Å²) in [6.45, 7) is 3.64. The number of halogens is 3. The Balaban J connectivity index is 1.92. The van der Waals surface area contributed by atoms with Crippen LogP contribution in [-0.2, 0) is 23.8 Å². The van der Waals surface area contributed by atoms with E-state index < -0.39 is 17.3 Å². The van der Waals surface area contributed by atoms with E-state index in [0.717, 1.165) is 58.5 Å². The summed E-state index contributed by atoms with van der Waals surface area (Å²) in [7, 11) is 0. The van der Waals surface area contributed by atoms with Crippen molar-refractivity contribution < 1.29 is 18.0 Å². The minimum atomic E-state index is -4.64. The minimum Gasteiger partial charge on any atom is -0.353 e. The topological polar surface area (TPSA) is 64.0 Å². The van der Waals surface area contributed by atoms with Crippen LogP contribution in [0, 0.1) is 0 Å². The van der Waals surface area contributed by atoms with Crippen molar-refractivity contribution in [2.75, 3.05) is 5.75 Å². The third kappa shape index (κ3) is 4.43. The number of amides is 1. The Morgan fingerprint density at radius 3 is 2.69 bits per heavy atom. The Morgan fingerprint density at radius 2 is 1.97 bits per heavy atom. The molecule has 10 heteroatoms. The maximum Gasteiger partial charge on any atom is 0.418 e. The van der Waals surface area contributed by atoms with Gasteiger partial charge in [-0.3, -0.25) is 14.2 Å². The maximum atomic E-state index is 13.8. The zero-order valence-electron chi connectivity index (χ0n) is 17.6. The number of nitrogens with one attached hydrogen (secondary N) is 1. The summed E-state index contributed by atoms with van der Waals surface area (Å²) in [4.78, 5) is 32.0. The van der Waals surface area contributed by atoms with E-state index in [-0.39, 0.29) is 28.5 Å². The number of hydrogen-bond donors (Lipinski definition) is 1. The van der Waals surface area contributed by atoms with Crippen molar-refractivity contribution in [3.05, 3.63) is 50.6 Å². The van der Waals surface area contributed by atoms with Crippen LogP contribution in [0.3, 0.4) is 0 Å². The van der Waals surface area contributed by atoms with E-state index in [1.54, 1.807) is 0 Å². The summed E-state index contributed by atoms with van der Waals surface area (Å²) >= 11 is 2.39. The average molecular weight is 482 g/mol. The van der Waals surface area contributed by atoms with Gasteiger partial charge in [0.2, 0.25) is 5.91 Å². The summed E-state index contributed by atoms with van der Waals surface area (Å²) in [5, 5.41) is 3.23. The first-order chi connectivity index (χ1) is 15.2. The smallest absolute Gasteiger partial charge is 0.353 e. The van der Waals surface area contributed by atoms with Crippen LogP contribution in [0.4, 0.5) is 13.2 Å². The normalized spacial score (nSPS) is 14.1. The molecule has 0 spiro atoms. The fourth-order valence-electron chi connectivity index (χ4n) is 3.90. The SMILES string of the molecule is CC(C)NC(=O)CSc1nc2sc3c(c2c(=O)n1-c1ccccc1C(F)(F)F)CCCC3. The minimum absolute atomic E-state index is 0.0601. The first-order valence-electron chi connectivity index (χ1n) is 10.3. The standard InChI is InChI=1S/C22H22F3N3O2S2/c1-12(2)26-17(29)11-31-21-27-19-18(13-7-3-6-10-16(13)32-19)20(30)28(21)15-9-5-4-8-14(15)22(23,24)25/h4-5,8-9,12H,3,6-7,10-11H2,1-2H3,(H,26,29). The average Bonchev–Trinajstić information content (AvgIpc) is 3.10. The van der Waals surface area contributed by atoms with Gasteiger partial charge in [0.15, 0.2) is 5.16 Å². The number of thiophene rings is 1. The van der Waals surface area contributed by atoms with E-state index in [0.29, 0.717) is 10.2 Å². The number of alkyl halides is 3. The lowest BCUT2D eigenvalue weighted by atomic mass is 9.97. The third-order valence-corrected chi connectivity index (χ3v) is 7.31. The quantitative estimate of drug-likeness (QED) is 0.413. The molecule has 32 heavy (non-hydrogen) atoms. The van der Waals surface area contributed by atoms with Gasteiger partial charge in [-0.1, -0.05) is 23.9 Å².